The molecular weight excluding hydrogens is 273 g/mol. The third kappa shape index (κ3) is 2.34. The molecule has 0 saturated carbocycles. The lowest BCUT2D eigenvalue weighted by Crippen LogP contribution is -2.39. The minimum absolute atomic E-state index is 0.127. The Balaban J connectivity index is 3.28. The first-order valence-corrected chi connectivity index (χ1v) is 5.01. The lowest BCUT2D eigenvalue weighted by atomic mass is 9.91. The van der Waals surface area contributed by atoms with Crippen molar-refractivity contribution in [3.8, 4) is 0 Å². The molecule has 1 N–H and O–H groups in total. The number of aryl methyl sites for hydroxylation is 1. The first kappa shape index (κ1) is 12.5. The van der Waals surface area contributed by atoms with Crippen LogP contribution in [0.1, 0.15) is 18.1 Å². The highest BCUT2D eigenvalue weighted by Gasteiger charge is 2.51. The Labute approximate surface area is 94.0 Å². The van der Waals surface area contributed by atoms with E-state index in [-0.39, 0.29) is 5.56 Å². The summed E-state index contributed by atoms with van der Waals surface area (Å²) in [7, 11) is 0. The highest BCUT2D eigenvalue weighted by Crippen LogP contribution is 2.40. The number of hydrogen-bond donors (Lipinski definition) is 1. The Morgan fingerprint density at radius 1 is 1.27 bits per heavy atom. The number of rotatable bonds is 1. The van der Waals surface area contributed by atoms with Crippen molar-refractivity contribution in [3.63, 3.8) is 0 Å². The van der Waals surface area contributed by atoms with E-state index in [1.165, 1.54) is 25.1 Å². The van der Waals surface area contributed by atoms with Crippen LogP contribution in [0.2, 0.25) is 0 Å². The molecule has 5 heteroatoms. The van der Waals surface area contributed by atoms with Gasteiger partial charge in [-0.15, -0.1) is 0 Å². The SMILES string of the molecule is Cc1cc(Br)ccc1C(C)(O)C(F)(F)F. The maximum atomic E-state index is 12.5. The van der Waals surface area contributed by atoms with Gasteiger partial charge in [0.2, 0.25) is 0 Å². The van der Waals surface area contributed by atoms with Crippen molar-refractivity contribution in [2.75, 3.05) is 0 Å². The molecule has 0 radical (unpaired) electrons. The first-order valence-electron chi connectivity index (χ1n) is 4.22. The standard InChI is InChI=1S/C10H10BrF3O/c1-6-5-7(11)3-4-8(6)9(2,15)10(12,13)14/h3-5,15H,1-2H3. The van der Waals surface area contributed by atoms with E-state index in [2.05, 4.69) is 15.9 Å². The third-order valence-electron chi connectivity index (χ3n) is 2.26. The molecule has 1 atom stereocenters. The zero-order valence-electron chi connectivity index (χ0n) is 8.19. The second kappa shape index (κ2) is 3.79. The van der Waals surface area contributed by atoms with Gasteiger partial charge < -0.3 is 5.11 Å². The van der Waals surface area contributed by atoms with Crippen LogP contribution in [0.15, 0.2) is 22.7 Å². The quantitative estimate of drug-likeness (QED) is 0.836. The highest BCUT2D eigenvalue weighted by atomic mass is 79.9. The monoisotopic (exact) mass is 282 g/mol. The first-order chi connectivity index (χ1) is 6.66. The van der Waals surface area contributed by atoms with Gasteiger partial charge in [0, 0.05) is 4.47 Å². The molecule has 0 spiro atoms. The van der Waals surface area contributed by atoms with Gasteiger partial charge in [-0.05, 0) is 37.1 Å². The van der Waals surface area contributed by atoms with Gasteiger partial charge in [-0.1, -0.05) is 22.0 Å². The van der Waals surface area contributed by atoms with E-state index in [9.17, 15) is 18.3 Å². The zero-order valence-corrected chi connectivity index (χ0v) is 9.78. The van der Waals surface area contributed by atoms with Crippen molar-refractivity contribution in [2.45, 2.75) is 25.6 Å². The Bertz CT molecular complexity index is 371. The van der Waals surface area contributed by atoms with E-state index >= 15 is 0 Å². The normalized spacial score (nSPS) is 16.2. The number of benzene rings is 1. The molecule has 1 aromatic rings. The van der Waals surface area contributed by atoms with Gasteiger partial charge in [-0.2, -0.15) is 13.2 Å². The Morgan fingerprint density at radius 2 is 1.80 bits per heavy atom. The summed E-state index contributed by atoms with van der Waals surface area (Å²) >= 11 is 3.15. The molecule has 0 aliphatic carbocycles. The van der Waals surface area contributed by atoms with E-state index in [0.29, 0.717) is 10.0 Å². The van der Waals surface area contributed by atoms with Crippen molar-refractivity contribution < 1.29 is 18.3 Å². The summed E-state index contributed by atoms with van der Waals surface area (Å²) in [6, 6.07) is 4.28. The van der Waals surface area contributed by atoms with E-state index in [1.807, 2.05) is 0 Å². The zero-order chi connectivity index (χ0) is 11.9. The Hall–Kier alpha value is -0.550. The van der Waals surface area contributed by atoms with Crippen molar-refractivity contribution >= 4 is 15.9 Å². The number of alkyl halides is 3. The average molecular weight is 283 g/mol. The van der Waals surface area contributed by atoms with Gasteiger partial charge in [0.15, 0.2) is 5.60 Å². The van der Waals surface area contributed by atoms with Crippen LogP contribution in [0.5, 0.6) is 0 Å². The number of halogens is 4. The van der Waals surface area contributed by atoms with Crippen LogP contribution in [-0.4, -0.2) is 11.3 Å². The second-order valence-electron chi connectivity index (χ2n) is 3.53. The molecule has 0 bridgehead atoms. The largest absolute Gasteiger partial charge is 0.421 e. The minimum atomic E-state index is -4.68. The van der Waals surface area contributed by atoms with Crippen LogP contribution >= 0.6 is 15.9 Å². The second-order valence-corrected chi connectivity index (χ2v) is 4.44. The molecule has 15 heavy (non-hydrogen) atoms. The summed E-state index contributed by atoms with van der Waals surface area (Å²) in [5.74, 6) is 0. The van der Waals surface area contributed by atoms with Crippen molar-refractivity contribution in [2.24, 2.45) is 0 Å². The molecule has 0 aliphatic heterocycles. The van der Waals surface area contributed by atoms with E-state index in [4.69, 9.17) is 0 Å². The lowest BCUT2D eigenvalue weighted by Gasteiger charge is -2.28. The van der Waals surface area contributed by atoms with Crippen LogP contribution in [-0.2, 0) is 5.60 Å². The van der Waals surface area contributed by atoms with E-state index in [0.717, 1.165) is 6.92 Å². The summed E-state index contributed by atoms with van der Waals surface area (Å²) in [6.07, 6.45) is -4.68. The summed E-state index contributed by atoms with van der Waals surface area (Å²) in [5, 5.41) is 9.45. The molecule has 0 aromatic heterocycles. The Morgan fingerprint density at radius 3 is 2.20 bits per heavy atom. The maximum Gasteiger partial charge on any atom is 0.421 e. The van der Waals surface area contributed by atoms with E-state index < -0.39 is 11.8 Å². The molecule has 0 heterocycles. The highest BCUT2D eigenvalue weighted by molar-refractivity contribution is 9.10. The topological polar surface area (TPSA) is 20.2 Å². The fourth-order valence-corrected chi connectivity index (χ4v) is 1.80. The predicted molar refractivity (Wildman–Crippen MR) is 54.5 cm³/mol. The number of hydrogen-bond acceptors (Lipinski definition) is 1. The molecule has 84 valence electrons. The van der Waals surface area contributed by atoms with Crippen LogP contribution in [0.3, 0.4) is 0 Å². The maximum absolute atomic E-state index is 12.5. The van der Waals surface area contributed by atoms with Gasteiger partial charge in [0.1, 0.15) is 0 Å². The van der Waals surface area contributed by atoms with Gasteiger partial charge in [0.05, 0.1) is 0 Å². The molecule has 0 amide bonds. The van der Waals surface area contributed by atoms with Gasteiger partial charge in [0.25, 0.3) is 0 Å². The Kier molecular flexibility index (Phi) is 3.16. The molecule has 0 saturated heterocycles. The summed E-state index contributed by atoms with van der Waals surface area (Å²) in [5.41, 5.74) is -2.54. The van der Waals surface area contributed by atoms with Crippen molar-refractivity contribution in [1.82, 2.24) is 0 Å². The van der Waals surface area contributed by atoms with Gasteiger partial charge >= 0.3 is 6.18 Å². The molecule has 1 nitrogen and oxygen atoms in total. The third-order valence-corrected chi connectivity index (χ3v) is 2.76. The number of aliphatic hydroxyl groups is 1. The summed E-state index contributed by atoms with van der Waals surface area (Å²) in [6.45, 7) is 2.28. The van der Waals surface area contributed by atoms with Crippen molar-refractivity contribution in [1.29, 1.82) is 0 Å². The molecule has 1 unspecified atom stereocenters. The minimum Gasteiger partial charge on any atom is -0.376 e. The molecular formula is C10H10BrF3O. The average Bonchev–Trinajstić information content (AvgIpc) is 2.00. The van der Waals surface area contributed by atoms with Crippen LogP contribution in [0.25, 0.3) is 0 Å². The van der Waals surface area contributed by atoms with Crippen LogP contribution < -0.4 is 0 Å². The van der Waals surface area contributed by atoms with Crippen molar-refractivity contribution in [3.05, 3.63) is 33.8 Å². The fraction of sp³-hybridized carbons (Fsp3) is 0.400. The smallest absolute Gasteiger partial charge is 0.376 e. The van der Waals surface area contributed by atoms with Crippen LogP contribution in [0, 0.1) is 6.92 Å². The van der Waals surface area contributed by atoms with Gasteiger partial charge in [-0.3, -0.25) is 0 Å². The summed E-state index contributed by atoms with van der Waals surface area (Å²) < 4.78 is 38.3. The van der Waals surface area contributed by atoms with E-state index in [1.54, 1.807) is 0 Å². The fourth-order valence-electron chi connectivity index (χ4n) is 1.33. The summed E-state index contributed by atoms with van der Waals surface area (Å²) in [4.78, 5) is 0. The van der Waals surface area contributed by atoms with Gasteiger partial charge in [-0.25, -0.2) is 0 Å². The molecule has 1 aromatic carbocycles. The predicted octanol–water partition coefficient (Wildman–Crippen LogP) is 3.53. The van der Waals surface area contributed by atoms with Crippen LogP contribution in [0.4, 0.5) is 13.2 Å². The molecule has 0 aliphatic rings. The molecule has 1 rings (SSSR count). The molecule has 0 fully saturated rings. The lowest BCUT2D eigenvalue weighted by molar-refractivity contribution is -0.259.